The van der Waals surface area contributed by atoms with Gasteiger partial charge in [-0.3, -0.25) is 0 Å². The van der Waals surface area contributed by atoms with E-state index in [1.165, 1.54) is 0 Å². The Labute approximate surface area is 73.6 Å². The summed E-state index contributed by atoms with van der Waals surface area (Å²) in [7, 11) is 0. The Kier molecular flexibility index (Phi) is 1.99. The summed E-state index contributed by atoms with van der Waals surface area (Å²) in [4.78, 5) is 10.9. The van der Waals surface area contributed by atoms with E-state index in [2.05, 4.69) is 6.07 Å². The van der Waals surface area contributed by atoms with E-state index in [1.54, 1.807) is 0 Å². The lowest BCUT2D eigenvalue weighted by atomic mass is 9.67. The lowest BCUT2D eigenvalue weighted by Crippen LogP contribution is -2.34. The molecule has 0 heterocycles. The van der Waals surface area contributed by atoms with Gasteiger partial charge in [-0.05, 0) is 18.3 Å². The van der Waals surface area contributed by atoms with Crippen LogP contribution in [0.5, 0.6) is 0 Å². The van der Waals surface area contributed by atoms with E-state index in [9.17, 15) is 4.79 Å². The molecule has 66 valence electrons. The normalized spacial score (nSPS) is 39.0. The highest BCUT2D eigenvalue weighted by atomic mass is 16.1. The van der Waals surface area contributed by atoms with Crippen molar-refractivity contribution in [3.8, 4) is 6.07 Å². The van der Waals surface area contributed by atoms with E-state index in [0.29, 0.717) is 0 Å². The van der Waals surface area contributed by atoms with E-state index in [-0.39, 0.29) is 16.7 Å². The maximum Gasteiger partial charge on any atom is 0.126 e. The summed E-state index contributed by atoms with van der Waals surface area (Å²) in [5, 5.41) is 8.86. The molecule has 1 aliphatic carbocycles. The molecule has 1 fully saturated rings. The summed E-state index contributed by atoms with van der Waals surface area (Å²) < 4.78 is 0. The largest absolute Gasteiger partial charge is 0.303 e. The topological polar surface area (TPSA) is 40.9 Å². The minimum Gasteiger partial charge on any atom is -0.303 e. The third-order valence-corrected chi connectivity index (χ3v) is 3.71. The third kappa shape index (κ3) is 0.964. The Balaban J connectivity index is 3.01. The molecule has 0 aromatic rings. The Bertz CT molecular complexity index is 239. The number of aldehydes is 1. The lowest BCUT2D eigenvalue weighted by Gasteiger charge is -2.35. The number of hydrogen-bond donors (Lipinski definition) is 0. The van der Waals surface area contributed by atoms with Crippen LogP contribution in [-0.2, 0) is 4.79 Å². The first-order valence-corrected chi connectivity index (χ1v) is 4.34. The smallest absolute Gasteiger partial charge is 0.126 e. The van der Waals surface area contributed by atoms with Crippen molar-refractivity contribution in [1.82, 2.24) is 0 Å². The minimum atomic E-state index is -0.298. The van der Waals surface area contributed by atoms with E-state index in [4.69, 9.17) is 5.26 Å². The average Bonchev–Trinajstić information content (AvgIpc) is 2.25. The van der Waals surface area contributed by atoms with E-state index in [0.717, 1.165) is 19.1 Å². The van der Waals surface area contributed by atoms with Gasteiger partial charge in [0.25, 0.3) is 0 Å². The fraction of sp³-hybridized carbons (Fsp3) is 0.800. The number of carbonyl (C=O) groups is 1. The van der Waals surface area contributed by atoms with Gasteiger partial charge in [0, 0.05) is 5.41 Å². The Morgan fingerprint density at radius 3 is 2.33 bits per heavy atom. The second-order valence-corrected chi connectivity index (χ2v) is 4.48. The molecule has 0 aliphatic heterocycles. The van der Waals surface area contributed by atoms with Gasteiger partial charge in [0.05, 0.1) is 12.0 Å². The highest BCUT2D eigenvalue weighted by Crippen LogP contribution is 2.54. The van der Waals surface area contributed by atoms with Crippen molar-refractivity contribution in [2.24, 2.45) is 16.7 Å². The summed E-state index contributed by atoms with van der Waals surface area (Å²) in [5.74, 6) is 0.0349. The van der Waals surface area contributed by atoms with Crippen LogP contribution in [0, 0.1) is 28.1 Å². The third-order valence-electron chi connectivity index (χ3n) is 3.71. The fourth-order valence-corrected chi connectivity index (χ4v) is 1.96. The van der Waals surface area contributed by atoms with Gasteiger partial charge >= 0.3 is 0 Å². The molecule has 12 heavy (non-hydrogen) atoms. The standard InChI is InChI=1S/C10H15NO/c1-9(2)8(6-11)4-5-10(9,3)7-12/h7-8H,4-5H2,1-3H3/t8-,10+/m0/s1. The molecular weight excluding hydrogens is 150 g/mol. The first kappa shape index (κ1) is 9.25. The Morgan fingerprint density at radius 2 is 2.08 bits per heavy atom. The summed E-state index contributed by atoms with van der Waals surface area (Å²) in [6.07, 6.45) is 2.73. The zero-order chi connectivity index (χ0) is 9.41. The predicted octanol–water partition coefficient (Wildman–Crippen LogP) is 2.15. The Morgan fingerprint density at radius 1 is 1.50 bits per heavy atom. The molecule has 0 unspecified atom stereocenters. The van der Waals surface area contributed by atoms with E-state index in [1.807, 2.05) is 20.8 Å². The van der Waals surface area contributed by atoms with Crippen LogP contribution in [0.25, 0.3) is 0 Å². The van der Waals surface area contributed by atoms with Gasteiger partial charge < -0.3 is 4.79 Å². The number of hydrogen-bond acceptors (Lipinski definition) is 2. The van der Waals surface area contributed by atoms with Gasteiger partial charge in [-0.15, -0.1) is 0 Å². The summed E-state index contributed by atoms with van der Waals surface area (Å²) in [6.45, 7) is 5.99. The van der Waals surface area contributed by atoms with Gasteiger partial charge in [0.1, 0.15) is 6.29 Å². The second-order valence-electron chi connectivity index (χ2n) is 4.48. The SMILES string of the molecule is CC1(C)[C@H](C#N)CC[C@]1(C)C=O. The molecule has 1 aliphatic rings. The number of nitriles is 1. The van der Waals surface area contributed by atoms with Gasteiger partial charge in [0.15, 0.2) is 0 Å². The van der Waals surface area contributed by atoms with Gasteiger partial charge in [0.2, 0.25) is 0 Å². The van der Waals surface area contributed by atoms with Crippen LogP contribution < -0.4 is 0 Å². The summed E-state index contributed by atoms with van der Waals surface area (Å²) >= 11 is 0. The van der Waals surface area contributed by atoms with E-state index < -0.39 is 0 Å². The van der Waals surface area contributed by atoms with Gasteiger partial charge in [-0.1, -0.05) is 20.8 Å². The van der Waals surface area contributed by atoms with Gasteiger partial charge in [-0.25, -0.2) is 0 Å². The summed E-state index contributed by atoms with van der Waals surface area (Å²) in [5.41, 5.74) is -0.461. The summed E-state index contributed by atoms with van der Waals surface area (Å²) in [6, 6.07) is 2.28. The molecule has 2 nitrogen and oxygen atoms in total. The van der Waals surface area contributed by atoms with Crippen LogP contribution >= 0.6 is 0 Å². The monoisotopic (exact) mass is 165 g/mol. The minimum absolute atomic E-state index is 0.0349. The Hall–Kier alpha value is -0.840. The molecule has 0 spiro atoms. The van der Waals surface area contributed by atoms with Gasteiger partial charge in [-0.2, -0.15) is 5.26 Å². The first-order valence-electron chi connectivity index (χ1n) is 4.34. The maximum absolute atomic E-state index is 10.9. The maximum atomic E-state index is 10.9. The molecule has 0 N–H and O–H groups in total. The molecule has 0 bridgehead atoms. The highest BCUT2D eigenvalue weighted by Gasteiger charge is 2.51. The second kappa shape index (κ2) is 2.58. The molecule has 0 amide bonds. The number of carbonyl (C=O) groups excluding carboxylic acids is 1. The molecular formula is C10H15NO. The van der Waals surface area contributed by atoms with Crippen LogP contribution in [0.2, 0.25) is 0 Å². The van der Waals surface area contributed by atoms with Crippen LogP contribution in [0.1, 0.15) is 33.6 Å². The molecule has 1 rings (SSSR count). The predicted molar refractivity (Wildman–Crippen MR) is 46.3 cm³/mol. The van der Waals surface area contributed by atoms with E-state index >= 15 is 0 Å². The molecule has 2 heteroatoms. The van der Waals surface area contributed by atoms with Crippen LogP contribution in [0.3, 0.4) is 0 Å². The van der Waals surface area contributed by atoms with Crippen molar-refractivity contribution in [3.05, 3.63) is 0 Å². The number of nitrogens with zero attached hydrogens (tertiary/aromatic N) is 1. The van der Waals surface area contributed by atoms with Crippen molar-refractivity contribution in [1.29, 1.82) is 5.26 Å². The zero-order valence-electron chi connectivity index (χ0n) is 7.92. The van der Waals surface area contributed by atoms with Crippen molar-refractivity contribution < 1.29 is 4.79 Å². The zero-order valence-corrected chi connectivity index (χ0v) is 7.92. The van der Waals surface area contributed by atoms with Crippen molar-refractivity contribution in [2.75, 3.05) is 0 Å². The van der Waals surface area contributed by atoms with Crippen LogP contribution in [-0.4, -0.2) is 6.29 Å². The molecule has 0 aromatic carbocycles. The first-order chi connectivity index (χ1) is 5.48. The molecule has 0 aromatic heterocycles. The fourth-order valence-electron chi connectivity index (χ4n) is 1.96. The molecule has 2 atom stereocenters. The lowest BCUT2D eigenvalue weighted by molar-refractivity contribution is -0.120. The van der Waals surface area contributed by atoms with Crippen LogP contribution in [0.15, 0.2) is 0 Å². The molecule has 0 radical (unpaired) electrons. The molecule has 0 saturated heterocycles. The quantitative estimate of drug-likeness (QED) is 0.558. The van der Waals surface area contributed by atoms with Crippen molar-refractivity contribution in [2.45, 2.75) is 33.6 Å². The van der Waals surface area contributed by atoms with Crippen molar-refractivity contribution >= 4 is 6.29 Å². The van der Waals surface area contributed by atoms with Crippen molar-refractivity contribution in [3.63, 3.8) is 0 Å². The molecule has 1 saturated carbocycles. The highest BCUT2D eigenvalue weighted by molar-refractivity contribution is 5.61. The number of rotatable bonds is 1. The van der Waals surface area contributed by atoms with Crippen LogP contribution in [0.4, 0.5) is 0 Å². The average molecular weight is 165 g/mol.